The number of methoxy groups -OCH3 is 1. The molecule has 0 saturated carbocycles. The fourth-order valence-corrected chi connectivity index (χ4v) is 4.51. The van der Waals surface area contributed by atoms with Crippen LogP contribution in [0.15, 0.2) is 60.9 Å². The third-order valence-corrected chi connectivity index (χ3v) is 6.03. The lowest BCUT2D eigenvalue weighted by molar-refractivity contribution is 0.414. The van der Waals surface area contributed by atoms with Crippen LogP contribution in [0.25, 0.3) is 33.3 Å². The Bertz CT molecular complexity index is 1200. The Balaban J connectivity index is 0.00000289. The maximum atomic E-state index is 5.34. The van der Waals surface area contributed by atoms with Gasteiger partial charge in [-0.2, -0.15) is 0 Å². The smallest absolute Gasteiger partial charge is 0.144 e. The van der Waals surface area contributed by atoms with E-state index in [9.17, 15) is 0 Å². The highest BCUT2D eigenvalue weighted by molar-refractivity contribution is 7.13. The summed E-state index contributed by atoms with van der Waals surface area (Å²) in [6, 6.07) is 10.3. The normalized spacial score (nSPS) is 11.1. The van der Waals surface area contributed by atoms with Gasteiger partial charge in [-0.15, -0.1) is 11.3 Å². The largest absolute Gasteiger partial charge is 0.497 e. The molecule has 0 bridgehead atoms. The molecule has 0 spiro atoms. The number of hydrogen-bond acceptors (Lipinski definition) is 5. The molecule has 4 aromatic rings. The maximum Gasteiger partial charge on any atom is 0.144 e. The third-order valence-electron chi connectivity index (χ3n) is 5.16. The molecular formula is C25H28N4OS. The molecule has 0 aliphatic heterocycles. The van der Waals surface area contributed by atoms with Crippen LogP contribution in [0.2, 0.25) is 0 Å². The molecule has 0 saturated heterocycles. The summed E-state index contributed by atoms with van der Waals surface area (Å²) in [4.78, 5) is 13.4. The summed E-state index contributed by atoms with van der Waals surface area (Å²) in [7, 11) is 1.68. The monoisotopic (exact) mass is 432 g/mol. The predicted molar refractivity (Wildman–Crippen MR) is 130 cm³/mol. The first-order valence-electron chi connectivity index (χ1n) is 10.2. The maximum absolute atomic E-state index is 5.34. The number of thiazole rings is 1. The summed E-state index contributed by atoms with van der Waals surface area (Å²) >= 11 is 1.57. The zero-order valence-corrected chi connectivity index (χ0v) is 19.1. The molecule has 3 aromatic heterocycles. The molecule has 1 aromatic carbocycles. The topological polar surface area (TPSA) is 52.8 Å². The van der Waals surface area contributed by atoms with Crippen molar-refractivity contribution in [3.63, 3.8) is 0 Å². The zero-order valence-electron chi connectivity index (χ0n) is 18.3. The fourth-order valence-electron chi connectivity index (χ4n) is 3.74. The number of hydrogen-bond donors (Lipinski definition) is 0. The summed E-state index contributed by atoms with van der Waals surface area (Å²) < 4.78 is 7.59. The van der Waals surface area contributed by atoms with Gasteiger partial charge in [-0.1, -0.05) is 20.4 Å². The standard InChI is InChI=1S/C25H26N4OS.H2/c1-16(2)12-17(3)21-13-24(23-15-31-25(28-23)22-14-26-10-11-27-22)29(18(21)4)19-6-8-20(30-5)9-7-19;/h6-11,13-16H,3,12H2,1-2,4-5H3;1H. The molecule has 0 atom stereocenters. The summed E-state index contributed by atoms with van der Waals surface area (Å²) in [5.74, 6) is 1.38. The Hall–Kier alpha value is -3.25. The van der Waals surface area contributed by atoms with E-state index in [0.717, 1.165) is 51.2 Å². The summed E-state index contributed by atoms with van der Waals surface area (Å²) in [5.41, 5.74) is 7.26. The Labute approximate surface area is 188 Å². The lowest BCUT2D eigenvalue weighted by atomic mass is 9.98. The van der Waals surface area contributed by atoms with Crippen molar-refractivity contribution in [1.29, 1.82) is 0 Å². The second-order valence-electron chi connectivity index (χ2n) is 7.89. The molecule has 0 aliphatic carbocycles. The Morgan fingerprint density at radius 2 is 1.97 bits per heavy atom. The van der Waals surface area contributed by atoms with Crippen LogP contribution in [-0.4, -0.2) is 26.6 Å². The Kier molecular flexibility index (Phi) is 6.00. The van der Waals surface area contributed by atoms with E-state index in [0.29, 0.717) is 5.92 Å². The number of nitrogens with zero attached hydrogens (tertiary/aromatic N) is 4. The van der Waals surface area contributed by atoms with Crippen LogP contribution in [0, 0.1) is 12.8 Å². The van der Waals surface area contributed by atoms with Crippen LogP contribution in [0.4, 0.5) is 0 Å². The van der Waals surface area contributed by atoms with E-state index in [1.54, 1.807) is 37.0 Å². The molecule has 0 amide bonds. The Morgan fingerprint density at radius 3 is 2.61 bits per heavy atom. The number of ether oxygens (including phenoxy) is 1. The number of allylic oxidation sites excluding steroid dienone is 1. The molecule has 0 unspecified atom stereocenters. The number of benzene rings is 1. The van der Waals surface area contributed by atoms with Gasteiger partial charge in [0.2, 0.25) is 0 Å². The highest BCUT2D eigenvalue weighted by Crippen LogP contribution is 2.36. The van der Waals surface area contributed by atoms with Gasteiger partial charge in [0.15, 0.2) is 0 Å². The van der Waals surface area contributed by atoms with Crippen molar-refractivity contribution in [3.8, 4) is 33.5 Å². The van der Waals surface area contributed by atoms with Crippen molar-refractivity contribution in [1.82, 2.24) is 19.5 Å². The molecule has 0 N–H and O–H groups in total. The highest BCUT2D eigenvalue weighted by atomic mass is 32.1. The molecule has 31 heavy (non-hydrogen) atoms. The first-order valence-corrected chi connectivity index (χ1v) is 11.1. The van der Waals surface area contributed by atoms with Crippen LogP contribution in [0.5, 0.6) is 5.75 Å². The van der Waals surface area contributed by atoms with Crippen molar-refractivity contribution in [3.05, 3.63) is 72.1 Å². The van der Waals surface area contributed by atoms with Gasteiger partial charge in [-0.3, -0.25) is 9.97 Å². The van der Waals surface area contributed by atoms with Crippen molar-refractivity contribution in [2.75, 3.05) is 7.11 Å². The molecule has 0 aliphatic rings. The van der Waals surface area contributed by atoms with Crippen molar-refractivity contribution >= 4 is 16.9 Å². The minimum atomic E-state index is 0. The quantitative estimate of drug-likeness (QED) is 0.327. The van der Waals surface area contributed by atoms with Crippen molar-refractivity contribution in [2.24, 2.45) is 5.92 Å². The zero-order chi connectivity index (χ0) is 22.0. The summed E-state index contributed by atoms with van der Waals surface area (Å²) in [6.45, 7) is 11.0. The van der Waals surface area contributed by atoms with E-state index in [1.807, 2.05) is 12.1 Å². The molecule has 0 radical (unpaired) electrons. The lowest BCUT2D eigenvalue weighted by Gasteiger charge is -2.13. The van der Waals surface area contributed by atoms with Crippen molar-refractivity contribution in [2.45, 2.75) is 27.2 Å². The van der Waals surface area contributed by atoms with Crippen LogP contribution >= 0.6 is 11.3 Å². The average molecular weight is 433 g/mol. The van der Waals surface area contributed by atoms with E-state index in [4.69, 9.17) is 9.72 Å². The van der Waals surface area contributed by atoms with E-state index in [2.05, 4.69) is 65.5 Å². The van der Waals surface area contributed by atoms with Crippen LogP contribution in [-0.2, 0) is 0 Å². The molecule has 3 heterocycles. The van der Waals surface area contributed by atoms with E-state index in [1.165, 1.54) is 5.56 Å². The van der Waals surface area contributed by atoms with Gasteiger partial charge in [-0.25, -0.2) is 4.98 Å². The molecule has 160 valence electrons. The first kappa shape index (κ1) is 21.0. The van der Waals surface area contributed by atoms with E-state index in [-0.39, 0.29) is 1.43 Å². The highest BCUT2D eigenvalue weighted by Gasteiger charge is 2.19. The average Bonchev–Trinajstić information content (AvgIpc) is 3.39. The minimum Gasteiger partial charge on any atom is -0.497 e. The van der Waals surface area contributed by atoms with Gasteiger partial charge in [0.05, 0.1) is 24.7 Å². The molecular weight excluding hydrogens is 404 g/mol. The molecule has 0 fully saturated rings. The van der Waals surface area contributed by atoms with Crippen LogP contribution in [0.3, 0.4) is 0 Å². The number of aromatic nitrogens is 4. The van der Waals surface area contributed by atoms with E-state index < -0.39 is 0 Å². The second kappa shape index (κ2) is 8.86. The van der Waals surface area contributed by atoms with Gasteiger partial charge in [-0.05, 0) is 60.7 Å². The lowest BCUT2D eigenvalue weighted by Crippen LogP contribution is -2.00. The van der Waals surface area contributed by atoms with Gasteiger partial charge in [0.25, 0.3) is 0 Å². The predicted octanol–water partition coefficient (Wildman–Crippen LogP) is 6.68. The summed E-state index contributed by atoms with van der Waals surface area (Å²) in [5, 5.41) is 2.93. The SMILES string of the molecule is C=C(CC(C)C)c1cc(-c2csc(-c3cnccn3)n2)n(-c2ccc(OC)cc2)c1C.[HH]. The molecule has 4 rings (SSSR count). The first-order chi connectivity index (χ1) is 15.0. The van der Waals surface area contributed by atoms with Gasteiger partial charge < -0.3 is 9.30 Å². The van der Waals surface area contributed by atoms with E-state index >= 15 is 0 Å². The molecule has 5 nitrogen and oxygen atoms in total. The third kappa shape index (κ3) is 4.30. The van der Waals surface area contributed by atoms with Gasteiger partial charge in [0.1, 0.15) is 16.5 Å². The van der Waals surface area contributed by atoms with Crippen molar-refractivity contribution < 1.29 is 6.16 Å². The van der Waals surface area contributed by atoms with Crippen LogP contribution in [0.1, 0.15) is 33.0 Å². The Morgan fingerprint density at radius 1 is 1.19 bits per heavy atom. The van der Waals surface area contributed by atoms with Gasteiger partial charge in [0, 0.05) is 30.6 Å². The van der Waals surface area contributed by atoms with Crippen LogP contribution < -0.4 is 4.74 Å². The number of rotatable bonds is 7. The second-order valence-corrected chi connectivity index (χ2v) is 8.75. The minimum absolute atomic E-state index is 0. The molecule has 6 heteroatoms. The summed E-state index contributed by atoms with van der Waals surface area (Å²) in [6.07, 6.45) is 6.05. The van der Waals surface area contributed by atoms with Gasteiger partial charge >= 0.3 is 0 Å². The fraction of sp³-hybridized carbons (Fsp3) is 0.240.